The maximum atomic E-state index is 14.2. The number of anilines is 1. The number of amides is 1. The van der Waals surface area contributed by atoms with Crippen molar-refractivity contribution in [2.45, 2.75) is 88.8 Å². The standard InChI is InChI=1S/C28H32F4N2O3/c29-15-24-23-10-4-17(26(35)34-21-2-1-3-22(34)14-18(13-21)27(36)37)12-16(23)5-11-25(24)33-20-8-6-19(7-9-20)28(30,31)32/h4-5,10-12,18-22,33H,1-3,6-9,13-15H2,(H,36,37). The molecule has 2 saturated heterocycles. The second-order valence-corrected chi connectivity index (χ2v) is 10.9. The van der Waals surface area contributed by atoms with E-state index >= 15 is 0 Å². The van der Waals surface area contributed by atoms with E-state index in [1.54, 1.807) is 24.3 Å². The molecule has 2 atom stereocenters. The van der Waals surface area contributed by atoms with Crippen LogP contribution in [0, 0.1) is 11.8 Å². The van der Waals surface area contributed by atoms with Crippen LogP contribution < -0.4 is 5.32 Å². The van der Waals surface area contributed by atoms with Crippen molar-refractivity contribution in [2.24, 2.45) is 11.8 Å². The summed E-state index contributed by atoms with van der Waals surface area (Å²) in [6.45, 7) is -0.738. The number of carbonyl (C=O) groups is 2. The van der Waals surface area contributed by atoms with Crippen LogP contribution in [0.5, 0.6) is 0 Å². The van der Waals surface area contributed by atoms with Gasteiger partial charge in [0.2, 0.25) is 0 Å². The van der Waals surface area contributed by atoms with Crippen LogP contribution in [0.4, 0.5) is 23.2 Å². The fourth-order valence-electron chi connectivity index (χ4n) is 6.66. The lowest BCUT2D eigenvalue weighted by atomic mass is 9.78. The van der Waals surface area contributed by atoms with Crippen molar-refractivity contribution >= 4 is 28.3 Å². The monoisotopic (exact) mass is 520 g/mol. The van der Waals surface area contributed by atoms with Gasteiger partial charge in [0, 0.05) is 34.9 Å². The number of halogens is 4. The predicted octanol–water partition coefficient (Wildman–Crippen LogP) is 6.70. The van der Waals surface area contributed by atoms with Crippen molar-refractivity contribution < 1.29 is 32.3 Å². The molecule has 9 heteroatoms. The fraction of sp³-hybridized carbons (Fsp3) is 0.571. The number of carboxylic acid groups (broad SMARTS) is 1. The Morgan fingerprint density at radius 3 is 2.24 bits per heavy atom. The number of rotatable bonds is 5. The Hall–Kier alpha value is -2.84. The summed E-state index contributed by atoms with van der Waals surface area (Å²) in [6, 6.07) is 8.43. The normalized spacial score (nSPS) is 28.2. The summed E-state index contributed by atoms with van der Waals surface area (Å²) in [5, 5.41) is 14.1. The highest BCUT2D eigenvalue weighted by atomic mass is 19.4. The Bertz CT molecular complexity index is 1160. The maximum absolute atomic E-state index is 14.2. The van der Waals surface area contributed by atoms with E-state index in [-0.39, 0.29) is 36.9 Å². The number of aliphatic carboxylic acids is 1. The fourth-order valence-corrected chi connectivity index (χ4v) is 6.66. The van der Waals surface area contributed by atoms with Gasteiger partial charge in [-0.25, -0.2) is 4.39 Å². The van der Waals surface area contributed by atoms with Gasteiger partial charge in [0.25, 0.3) is 5.91 Å². The summed E-state index contributed by atoms with van der Waals surface area (Å²) in [5.74, 6) is -2.61. The molecule has 3 aliphatic rings. The zero-order valence-electron chi connectivity index (χ0n) is 20.6. The number of benzene rings is 2. The van der Waals surface area contributed by atoms with Gasteiger partial charge < -0.3 is 15.3 Å². The molecule has 2 heterocycles. The number of hydrogen-bond acceptors (Lipinski definition) is 3. The van der Waals surface area contributed by atoms with Gasteiger partial charge >= 0.3 is 12.1 Å². The summed E-state index contributed by atoms with van der Waals surface area (Å²) in [4.78, 5) is 27.0. The van der Waals surface area contributed by atoms with Crippen molar-refractivity contribution in [3.63, 3.8) is 0 Å². The third-order valence-corrected chi connectivity index (χ3v) is 8.62. The third kappa shape index (κ3) is 5.14. The van der Waals surface area contributed by atoms with Crippen molar-refractivity contribution in [3.05, 3.63) is 41.5 Å². The molecule has 3 fully saturated rings. The molecular weight excluding hydrogens is 488 g/mol. The highest BCUT2D eigenvalue weighted by molar-refractivity contribution is 6.00. The van der Waals surface area contributed by atoms with Gasteiger partial charge in [-0.2, -0.15) is 13.2 Å². The van der Waals surface area contributed by atoms with Gasteiger partial charge in [0.05, 0.1) is 11.8 Å². The molecular formula is C28H32F4N2O3. The average Bonchev–Trinajstić information content (AvgIpc) is 2.86. The van der Waals surface area contributed by atoms with Crippen molar-refractivity contribution in [3.8, 4) is 0 Å². The Morgan fingerprint density at radius 2 is 1.65 bits per heavy atom. The first-order valence-corrected chi connectivity index (χ1v) is 13.2. The molecule has 2 unspecified atom stereocenters. The van der Waals surface area contributed by atoms with E-state index in [9.17, 15) is 32.3 Å². The number of alkyl halides is 4. The van der Waals surface area contributed by atoms with Crippen molar-refractivity contribution in [1.29, 1.82) is 0 Å². The Balaban J connectivity index is 1.34. The minimum atomic E-state index is -4.17. The zero-order chi connectivity index (χ0) is 26.3. The second kappa shape index (κ2) is 10.1. The van der Waals surface area contributed by atoms with Gasteiger partial charge in [-0.15, -0.1) is 0 Å². The first kappa shape index (κ1) is 25.8. The molecule has 1 aliphatic carbocycles. The zero-order valence-corrected chi connectivity index (χ0v) is 20.6. The van der Waals surface area contributed by atoms with E-state index in [1.165, 1.54) is 0 Å². The van der Waals surface area contributed by atoms with Crippen LogP contribution >= 0.6 is 0 Å². The number of nitrogens with one attached hydrogen (secondary N) is 1. The number of hydrogen-bond donors (Lipinski definition) is 2. The number of nitrogens with zero attached hydrogens (tertiary/aromatic N) is 1. The largest absolute Gasteiger partial charge is 0.481 e. The van der Waals surface area contributed by atoms with E-state index in [1.807, 2.05) is 11.0 Å². The number of carbonyl (C=O) groups excluding carboxylic acids is 1. The van der Waals surface area contributed by atoms with Crippen LogP contribution in [0.1, 0.15) is 73.7 Å². The third-order valence-electron chi connectivity index (χ3n) is 8.62. The Kier molecular flexibility index (Phi) is 7.07. The SMILES string of the molecule is O=C(O)C1CC2CCCC(C1)N2C(=O)c1ccc2c(CF)c(NC3CCC(C(F)(F)F)CC3)ccc2c1. The maximum Gasteiger partial charge on any atom is 0.391 e. The molecule has 5 rings (SSSR count). The molecule has 37 heavy (non-hydrogen) atoms. The molecule has 0 radical (unpaired) electrons. The van der Waals surface area contributed by atoms with Crippen LogP contribution in [0.25, 0.3) is 10.8 Å². The molecule has 0 spiro atoms. The number of fused-ring (bicyclic) bond motifs is 3. The van der Waals surface area contributed by atoms with E-state index in [2.05, 4.69) is 5.32 Å². The van der Waals surface area contributed by atoms with Crippen LogP contribution in [0.3, 0.4) is 0 Å². The predicted molar refractivity (Wildman–Crippen MR) is 132 cm³/mol. The topological polar surface area (TPSA) is 69.6 Å². The van der Waals surface area contributed by atoms with E-state index in [0.717, 1.165) is 24.6 Å². The molecule has 2 aromatic rings. The van der Waals surface area contributed by atoms with Gasteiger partial charge in [0.15, 0.2) is 0 Å². The summed E-state index contributed by atoms with van der Waals surface area (Å²) in [7, 11) is 0. The lowest BCUT2D eigenvalue weighted by Gasteiger charge is -2.48. The second-order valence-electron chi connectivity index (χ2n) is 10.9. The number of piperidine rings is 2. The molecule has 2 bridgehead atoms. The summed E-state index contributed by atoms with van der Waals surface area (Å²) < 4.78 is 53.2. The van der Waals surface area contributed by atoms with Gasteiger partial charge in [0.1, 0.15) is 6.67 Å². The van der Waals surface area contributed by atoms with Crippen LogP contribution in [-0.4, -0.2) is 46.2 Å². The first-order valence-electron chi connectivity index (χ1n) is 13.2. The highest BCUT2D eigenvalue weighted by Gasteiger charge is 2.43. The van der Waals surface area contributed by atoms with E-state index in [4.69, 9.17) is 0 Å². The average molecular weight is 521 g/mol. The van der Waals surface area contributed by atoms with E-state index < -0.39 is 30.7 Å². The summed E-state index contributed by atoms with van der Waals surface area (Å²) >= 11 is 0. The van der Waals surface area contributed by atoms with E-state index in [0.29, 0.717) is 47.9 Å². The lowest BCUT2D eigenvalue weighted by molar-refractivity contribution is -0.182. The quantitative estimate of drug-likeness (QED) is 0.431. The molecule has 2 aliphatic heterocycles. The van der Waals surface area contributed by atoms with Gasteiger partial charge in [-0.05, 0) is 86.8 Å². The molecule has 5 nitrogen and oxygen atoms in total. The van der Waals surface area contributed by atoms with Crippen molar-refractivity contribution in [1.82, 2.24) is 4.90 Å². The van der Waals surface area contributed by atoms with Crippen LogP contribution in [0.15, 0.2) is 30.3 Å². The van der Waals surface area contributed by atoms with Crippen LogP contribution in [0.2, 0.25) is 0 Å². The highest BCUT2D eigenvalue weighted by Crippen LogP contribution is 2.40. The first-order chi connectivity index (χ1) is 17.7. The molecule has 1 amide bonds. The molecule has 2 aromatic carbocycles. The summed E-state index contributed by atoms with van der Waals surface area (Å²) in [6.07, 6.45) is 0.234. The van der Waals surface area contributed by atoms with Gasteiger partial charge in [-0.1, -0.05) is 12.1 Å². The molecule has 2 N–H and O–H groups in total. The molecule has 200 valence electrons. The molecule has 0 aromatic heterocycles. The lowest BCUT2D eigenvalue weighted by Crippen LogP contribution is -2.55. The number of carboxylic acids is 1. The minimum absolute atomic E-state index is 0.0663. The Morgan fingerprint density at radius 1 is 0.973 bits per heavy atom. The van der Waals surface area contributed by atoms with Crippen molar-refractivity contribution in [2.75, 3.05) is 5.32 Å². The summed E-state index contributed by atoms with van der Waals surface area (Å²) in [5.41, 5.74) is 1.51. The van der Waals surface area contributed by atoms with Gasteiger partial charge in [-0.3, -0.25) is 9.59 Å². The Labute approximate surface area is 213 Å². The molecule has 1 saturated carbocycles. The minimum Gasteiger partial charge on any atom is -0.481 e. The van der Waals surface area contributed by atoms with Crippen LogP contribution in [-0.2, 0) is 11.5 Å². The smallest absolute Gasteiger partial charge is 0.391 e.